The van der Waals surface area contributed by atoms with E-state index in [2.05, 4.69) is 56.1 Å². The van der Waals surface area contributed by atoms with Crippen molar-refractivity contribution >= 4 is 28.3 Å². The fourth-order valence-electron chi connectivity index (χ4n) is 4.91. The minimum Gasteiger partial charge on any atom is -0.463 e. The van der Waals surface area contributed by atoms with Crippen LogP contribution in [-0.2, 0) is 19.4 Å². The summed E-state index contributed by atoms with van der Waals surface area (Å²) in [6.07, 6.45) is 14.7. The van der Waals surface area contributed by atoms with Crippen LogP contribution in [0.3, 0.4) is 0 Å². The number of allylic oxidation sites excluding steroid dienone is 1. The summed E-state index contributed by atoms with van der Waals surface area (Å²) in [5.41, 5.74) is 11.3. The lowest BCUT2D eigenvalue weighted by Gasteiger charge is -2.24. The maximum Gasteiger partial charge on any atom is 0.320 e. The van der Waals surface area contributed by atoms with Gasteiger partial charge in [-0.15, -0.1) is 11.3 Å². The van der Waals surface area contributed by atoms with Gasteiger partial charge in [-0.3, -0.25) is 0 Å². The van der Waals surface area contributed by atoms with Crippen molar-refractivity contribution in [3.05, 3.63) is 58.5 Å². The van der Waals surface area contributed by atoms with Gasteiger partial charge in [-0.2, -0.15) is 9.97 Å². The summed E-state index contributed by atoms with van der Waals surface area (Å²) in [5.74, 6) is 2.12. The minimum absolute atomic E-state index is 0.302. The highest BCUT2D eigenvalue weighted by Gasteiger charge is 2.19. The van der Waals surface area contributed by atoms with Gasteiger partial charge in [0.2, 0.25) is 0 Å². The molecule has 0 amide bonds. The number of fused-ring (bicyclic) bond motifs is 3. The molecule has 0 unspecified atom stereocenters. The predicted molar refractivity (Wildman–Crippen MR) is 140 cm³/mol. The summed E-state index contributed by atoms with van der Waals surface area (Å²) in [5, 5.41) is 1.25. The van der Waals surface area contributed by atoms with E-state index in [9.17, 15) is 0 Å². The monoisotopic (exact) mass is 486 g/mol. The lowest BCUT2D eigenvalue weighted by Crippen LogP contribution is -2.11. The van der Waals surface area contributed by atoms with Crippen molar-refractivity contribution in [3.8, 4) is 16.5 Å². The Hall–Kier alpha value is -3.26. The average Bonchev–Trinajstić information content (AvgIpc) is 3.40. The van der Waals surface area contributed by atoms with Gasteiger partial charge in [0.1, 0.15) is 5.82 Å². The summed E-state index contributed by atoms with van der Waals surface area (Å²) in [6, 6.07) is 7.07. The zero-order chi connectivity index (χ0) is 23.8. The van der Waals surface area contributed by atoms with Gasteiger partial charge in [0.05, 0.1) is 23.0 Å². The molecule has 6 rings (SSSR count). The molecule has 35 heavy (non-hydrogen) atoms. The summed E-state index contributed by atoms with van der Waals surface area (Å²) >= 11 is 1.84. The maximum absolute atomic E-state index is 6.18. The third-order valence-corrected chi connectivity index (χ3v) is 8.22. The predicted octanol–water partition coefficient (Wildman–Crippen LogP) is 5.50. The van der Waals surface area contributed by atoms with Crippen molar-refractivity contribution in [1.82, 2.24) is 24.5 Å². The number of anilines is 1. The second-order valence-corrected chi connectivity index (χ2v) is 10.7. The molecule has 2 N–H and O–H groups in total. The molecule has 1 aliphatic heterocycles. The quantitative estimate of drug-likeness (QED) is 0.383. The molecule has 4 heterocycles. The molecule has 0 atom stereocenters. The van der Waals surface area contributed by atoms with Crippen molar-refractivity contribution in [2.24, 2.45) is 5.92 Å². The van der Waals surface area contributed by atoms with Crippen molar-refractivity contribution in [3.63, 3.8) is 0 Å². The van der Waals surface area contributed by atoms with Crippen LogP contribution in [0.4, 0.5) is 5.82 Å². The summed E-state index contributed by atoms with van der Waals surface area (Å²) in [6.45, 7) is 3.14. The largest absolute Gasteiger partial charge is 0.463 e. The highest BCUT2D eigenvalue weighted by atomic mass is 32.1. The third-order valence-electron chi connectivity index (χ3n) is 7.13. The van der Waals surface area contributed by atoms with Crippen LogP contribution in [0.2, 0.25) is 0 Å². The normalized spacial score (nSPS) is 17.2. The van der Waals surface area contributed by atoms with Crippen LogP contribution in [0.25, 0.3) is 21.6 Å². The second kappa shape index (κ2) is 9.41. The smallest absolute Gasteiger partial charge is 0.320 e. The van der Waals surface area contributed by atoms with E-state index in [0.717, 1.165) is 31.0 Å². The van der Waals surface area contributed by atoms with Gasteiger partial charge in [0, 0.05) is 6.20 Å². The molecule has 0 spiro atoms. The number of ether oxygens (including phenoxy) is 1. The van der Waals surface area contributed by atoms with Gasteiger partial charge in [0.15, 0.2) is 17.0 Å². The Morgan fingerprint density at radius 2 is 2.09 bits per heavy atom. The Bertz CT molecular complexity index is 1400. The highest BCUT2D eigenvalue weighted by molar-refractivity contribution is 7.15. The average molecular weight is 487 g/mol. The van der Waals surface area contributed by atoms with E-state index in [1.54, 1.807) is 0 Å². The van der Waals surface area contributed by atoms with E-state index in [0.29, 0.717) is 36.1 Å². The number of benzene rings is 1. The van der Waals surface area contributed by atoms with Gasteiger partial charge in [-0.05, 0) is 55.2 Å². The second-order valence-electron chi connectivity index (χ2n) is 9.57. The summed E-state index contributed by atoms with van der Waals surface area (Å²) in [7, 11) is 0. The summed E-state index contributed by atoms with van der Waals surface area (Å²) < 4.78 is 7.89. The molecular weight excluding hydrogens is 456 g/mol. The van der Waals surface area contributed by atoms with E-state index in [1.807, 2.05) is 18.3 Å². The number of hydrogen-bond acceptors (Lipinski definition) is 7. The van der Waals surface area contributed by atoms with Crippen LogP contribution < -0.4 is 10.5 Å². The van der Waals surface area contributed by atoms with Gasteiger partial charge >= 0.3 is 6.01 Å². The molecule has 1 aromatic carbocycles. The van der Waals surface area contributed by atoms with Crippen LogP contribution in [0.15, 0.2) is 36.5 Å². The first-order chi connectivity index (χ1) is 17.1. The number of hydrogen-bond donors (Lipinski definition) is 1. The van der Waals surface area contributed by atoms with Crippen LogP contribution in [-0.4, -0.2) is 31.1 Å². The first kappa shape index (κ1) is 22.2. The molecule has 180 valence electrons. The highest BCUT2D eigenvalue weighted by Crippen LogP contribution is 2.34. The molecular formula is C27H30N6OS. The van der Waals surface area contributed by atoms with Crippen LogP contribution >= 0.6 is 11.3 Å². The van der Waals surface area contributed by atoms with Crippen molar-refractivity contribution in [2.75, 3.05) is 12.3 Å². The van der Waals surface area contributed by atoms with Crippen molar-refractivity contribution in [1.29, 1.82) is 0 Å². The number of aryl methyl sites for hydroxylation is 2. The lowest BCUT2D eigenvalue weighted by molar-refractivity contribution is 0.296. The van der Waals surface area contributed by atoms with E-state index >= 15 is 0 Å². The summed E-state index contributed by atoms with van der Waals surface area (Å²) in [4.78, 5) is 19.6. The van der Waals surface area contributed by atoms with Crippen molar-refractivity contribution < 1.29 is 4.74 Å². The molecule has 8 heteroatoms. The maximum atomic E-state index is 6.18. The van der Waals surface area contributed by atoms with Crippen LogP contribution in [0.1, 0.15) is 54.1 Å². The lowest BCUT2D eigenvalue weighted by atomic mass is 9.82. The van der Waals surface area contributed by atoms with Crippen LogP contribution in [0, 0.1) is 12.8 Å². The molecule has 2 aliphatic rings. The molecule has 1 saturated carbocycles. The zero-order valence-corrected chi connectivity index (χ0v) is 20.9. The van der Waals surface area contributed by atoms with E-state index in [1.165, 1.54) is 52.3 Å². The Morgan fingerprint density at radius 3 is 2.94 bits per heavy atom. The van der Waals surface area contributed by atoms with Crippen LogP contribution in [0.5, 0.6) is 6.01 Å². The SMILES string of the molecule is Cc1nc2c(N)nc3nc2n1Cc1ccc(-c2cnc(CCC4CCC4)s2)c(c1)C/C=C/CCO3. The number of nitrogen functional groups attached to an aromatic ring is 1. The Balaban J connectivity index is 1.35. The number of aromatic nitrogens is 5. The first-order valence-electron chi connectivity index (χ1n) is 12.5. The molecule has 4 aromatic rings. The molecule has 3 aromatic heterocycles. The fraction of sp³-hybridized carbons (Fsp3) is 0.407. The van der Waals surface area contributed by atoms with Gasteiger partial charge < -0.3 is 15.0 Å². The van der Waals surface area contributed by atoms with Gasteiger partial charge in [-0.1, -0.05) is 49.6 Å². The molecule has 1 aliphatic carbocycles. The molecule has 0 radical (unpaired) electrons. The number of nitrogens with two attached hydrogens (primary N) is 1. The van der Waals surface area contributed by atoms with Crippen molar-refractivity contribution in [2.45, 2.75) is 58.4 Å². The fourth-order valence-corrected chi connectivity index (χ4v) is 5.90. The minimum atomic E-state index is 0.302. The number of thiazole rings is 1. The number of rotatable bonds is 4. The first-order valence-corrected chi connectivity index (χ1v) is 13.3. The Morgan fingerprint density at radius 1 is 1.17 bits per heavy atom. The van der Waals surface area contributed by atoms with E-state index in [4.69, 9.17) is 15.5 Å². The van der Waals surface area contributed by atoms with E-state index < -0.39 is 0 Å². The zero-order valence-electron chi connectivity index (χ0n) is 20.0. The molecule has 1 fully saturated rings. The van der Waals surface area contributed by atoms with Gasteiger partial charge in [-0.25, -0.2) is 9.97 Å². The Kier molecular flexibility index (Phi) is 5.98. The topological polar surface area (TPSA) is 91.7 Å². The molecule has 0 saturated heterocycles. The Labute approximate surface area is 209 Å². The van der Waals surface area contributed by atoms with Gasteiger partial charge in [0.25, 0.3) is 0 Å². The number of nitrogens with zero attached hydrogens (tertiary/aromatic N) is 5. The molecule has 4 bridgehead atoms. The number of imidazole rings is 1. The standard InChI is InChI=1S/C27H30N6OS/c1-17-30-24-25(28)31-27-32-26(24)33(17)16-19-9-11-21(20(14-19)8-3-2-4-13-34-27)22-15-29-23(35-22)12-10-18-6-5-7-18/h2-3,9,11,14-15,18H,4-8,10,12-13,16H2,1H3,(H2,28,31,32)/b3-2+. The third kappa shape index (κ3) is 4.55. The molecule has 7 nitrogen and oxygen atoms in total. The van der Waals surface area contributed by atoms with E-state index in [-0.39, 0.29) is 0 Å².